The van der Waals surface area contributed by atoms with Crippen LogP contribution in [0.25, 0.3) is 0 Å². The Morgan fingerprint density at radius 1 is 1.15 bits per heavy atom. The van der Waals surface area contributed by atoms with Gasteiger partial charge in [-0.15, -0.1) is 0 Å². The topological polar surface area (TPSA) is 47.9 Å². The molecule has 0 aromatic heterocycles. The third-order valence-corrected chi connectivity index (χ3v) is 3.49. The minimum atomic E-state index is -0.614. The molecule has 0 saturated carbocycles. The predicted molar refractivity (Wildman–Crippen MR) is 77.4 cm³/mol. The smallest absolute Gasteiger partial charge is 0.231 e. The lowest BCUT2D eigenvalue weighted by molar-refractivity contribution is 0.174. The maximum Gasteiger partial charge on any atom is 0.231 e. The van der Waals surface area contributed by atoms with E-state index < -0.39 is 6.10 Å². The van der Waals surface area contributed by atoms with Crippen LogP contribution < -0.4 is 14.2 Å². The van der Waals surface area contributed by atoms with Gasteiger partial charge in [0.15, 0.2) is 11.5 Å². The van der Waals surface area contributed by atoms with Crippen LogP contribution in [0.4, 0.5) is 0 Å². The molecular formula is C15H13BrO4. The van der Waals surface area contributed by atoms with Gasteiger partial charge in [0.05, 0.1) is 6.10 Å². The molecule has 1 heterocycles. The summed E-state index contributed by atoms with van der Waals surface area (Å²) in [6, 6.07) is 10.9. The molecule has 0 saturated heterocycles. The molecule has 1 atom stereocenters. The Morgan fingerprint density at radius 3 is 2.75 bits per heavy atom. The monoisotopic (exact) mass is 336 g/mol. The normalized spacial score (nSPS) is 14.2. The quantitative estimate of drug-likeness (QED) is 0.919. The van der Waals surface area contributed by atoms with Gasteiger partial charge < -0.3 is 19.3 Å². The van der Waals surface area contributed by atoms with Crippen molar-refractivity contribution < 1.29 is 19.3 Å². The molecule has 3 rings (SSSR count). The molecule has 1 aliphatic rings. The molecule has 2 aromatic carbocycles. The van der Waals surface area contributed by atoms with Crippen LogP contribution >= 0.6 is 15.9 Å². The van der Waals surface area contributed by atoms with Crippen molar-refractivity contribution in [3.05, 3.63) is 46.4 Å². The average Bonchev–Trinajstić information content (AvgIpc) is 2.88. The van der Waals surface area contributed by atoms with Gasteiger partial charge in [-0.3, -0.25) is 0 Å². The Kier molecular flexibility index (Phi) is 3.54. The number of fused-ring (bicyclic) bond motifs is 1. The molecule has 5 heteroatoms. The lowest BCUT2D eigenvalue weighted by Gasteiger charge is -2.14. The van der Waals surface area contributed by atoms with Crippen molar-refractivity contribution in [2.24, 2.45) is 0 Å². The minimum absolute atomic E-state index is 0.232. The van der Waals surface area contributed by atoms with Crippen LogP contribution in [0.1, 0.15) is 18.6 Å². The fourth-order valence-corrected chi connectivity index (χ4v) is 2.38. The molecule has 1 unspecified atom stereocenters. The zero-order chi connectivity index (χ0) is 14.1. The number of aliphatic hydroxyl groups is 1. The fraction of sp³-hybridized carbons (Fsp3) is 0.200. The molecule has 4 nitrogen and oxygen atoms in total. The largest absolute Gasteiger partial charge is 0.457 e. The van der Waals surface area contributed by atoms with E-state index >= 15 is 0 Å². The van der Waals surface area contributed by atoms with Crippen molar-refractivity contribution >= 4 is 15.9 Å². The zero-order valence-electron chi connectivity index (χ0n) is 10.8. The van der Waals surface area contributed by atoms with Crippen LogP contribution in [0.2, 0.25) is 0 Å². The number of rotatable bonds is 3. The number of ether oxygens (including phenoxy) is 3. The fourth-order valence-electron chi connectivity index (χ4n) is 2.01. The average molecular weight is 337 g/mol. The highest BCUT2D eigenvalue weighted by molar-refractivity contribution is 9.10. The van der Waals surface area contributed by atoms with Gasteiger partial charge in [-0.2, -0.15) is 0 Å². The summed E-state index contributed by atoms with van der Waals surface area (Å²) in [6.45, 7) is 1.93. The highest BCUT2D eigenvalue weighted by Gasteiger charge is 2.15. The molecule has 0 bridgehead atoms. The van der Waals surface area contributed by atoms with Crippen LogP contribution in [0.5, 0.6) is 23.0 Å². The molecule has 0 fully saturated rings. The van der Waals surface area contributed by atoms with E-state index in [0.29, 0.717) is 23.0 Å². The second-order valence-electron chi connectivity index (χ2n) is 4.48. The van der Waals surface area contributed by atoms with Crippen LogP contribution in [0.15, 0.2) is 40.9 Å². The van der Waals surface area contributed by atoms with E-state index in [-0.39, 0.29) is 6.79 Å². The van der Waals surface area contributed by atoms with Crippen LogP contribution in [0, 0.1) is 0 Å². The third kappa shape index (κ3) is 2.59. The van der Waals surface area contributed by atoms with E-state index in [2.05, 4.69) is 15.9 Å². The van der Waals surface area contributed by atoms with Crippen molar-refractivity contribution in [2.75, 3.05) is 6.79 Å². The lowest BCUT2D eigenvalue weighted by atomic mass is 10.1. The van der Waals surface area contributed by atoms with Gasteiger partial charge in [-0.1, -0.05) is 15.9 Å². The molecule has 0 spiro atoms. The molecule has 20 heavy (non-hydrogen) atoms. The van der Waals surface area contributed by atoms with Crippen molar-refractivity contribution in [1.29, 1.82) is 0 Å². The second kappa shape index (κ2) is 5.34. The SMILES string of the molecule is CC(O)c1cc(Br)ccc1Oc1ccc2c(c1)OCO2. The van der Waals surface area contributed by atoms with E-state index in [1.54, 1.807) is 25.1 Å². The molecule has 1 N–H and O–H groups in total. The third-order valence-electron chi connectivity index (χ3n) is 2.99. The van der Waals surface area contributed by atoms with E-state index in [9.17, 15) is 5.11 Å². The number of benzene rings is 2. The van der Waals surface area contributed by atoms with Crippen molar-refractivity contribution in [3.8, 4) is 23.0 Å². The Balaban J connectivity index is 1.91. The highest BCUT2D eigenvalue weighted by Crippen LogP contribution is 2.38. The second-order valence-corrected chi connectivity index (χ2v) is 5.39. The van der Waals surface area contributed by atoms with Gasteiger partial charge in [0.25, 0.3) is 0 Å². The number of aliphatic hydroxyl groups excluding tert-OH is 1. The zero-order valence-corrected chi connectivity index (χ0v) is 12.4. The van der Waals surface area contributed by atoms with Crippen molar-refractivity contribution in [3.63, 3.8) is 0 Å². The highest BCUT2D eigenvalue weighted by atomic mass is 79.9. The summed E-state index contributed by atoms with van der Waals surface area (Å²) in [5.41, 5.74) is 0.719. The first-order valence-electron chi connectivity index (χ1n) is 6.18. The van der Waals surface area contributed by atoms with Gasteiger partial charge in [0, 0.05) is 16.1 Å². The first-order chi connectivity index (χ1) is 9.63. The van der Waals surface area contributed by atoms with Crippen molar-refractivity contribution in [2.45, 2.75) is 13.0 Å². The summed E-state index contributed by atoms with van der Waals surface area (Å²) in [4.78, 5) is 0. The van der Waals surface area contributed by atoms with E-state index in [1.807, 2.05) is 18.2 Å². The van der Waals surface area contributed by atoms with E-state index in [4.69, 9.17) is 14.2 Å². The lowest BCUT2D eigenvalue weighted by Crippen LogP contribution is -1.96. The van der Waals surface area contributed by atoms with Gasteiger partial charge >= 0.3 is 0 Å². The summed E-state index contributed by atoms with van der Waals surface area (Å²) < 4.78 is 17.3. The van der Waals surface area contributed by atoms with Gasteiger partial charge in [-0.25, -0.2) is 0 Å². The first-order valence-corrected chi connectivity index (χ1v) is 6.98. The molecule has 0 radical (unpaired) electrons. The molecular weight excluding hydrogens is 324 g/mol. The Hall–Kier alpha value is -1.72. The van der Waals surface area contributed by atoms with Gasteiger partial charge in [-0.05, 0) is 37.3 Å². The Bertz CT molecular complexity index is 640. The predicted octanol–water partition coefficient (Wildman–Crippen LogP) is 4.02. The van der Waals surface area contributed by atoms with Crippen LogP contribution in [-0.2, 0) is 0 Å². The van der Waals surface area contributed by atoms with Crippen LogP contribution in [0.3, 0.4) is 0 Å². The minimum Gasteiger partial charge on any atom is -0.457 e. The summed E-state index contributed by atoms with van der Waals surface area (Å²) in [6.07, 6.45) is -0.614. The van der Waals surface area contributed by atoms with Crippen LogP contribution in [-0.4, -0.2) is 11.9 Å². The summed E-state index contributed by atoms with van der Waals surface area (Å²) in [7, 11) is 0. The maximum absolute atomic E-state index is 9.82. The number of halogens is 1. The summed E-state index contributed by atoms with van der Waals surface area (Å²) in [5, 5.41) is 9.82. The molecule has 0 amide bonds. The molecule has 2 aromatic rings. The first kappa shape index (κ1) is 13.3. The van der Waals surface area contributed by atoms with Gasteiger partial charge in [0.2, 0.25) is 6.79 Å². The summed E-state index contributed by atoms with van der Waals surface area (Å²) >= 11 is 3.39. The van der Waals surface area contributed by atoms with E-state index in [1.165, 1.54) is 0 Å². The maximum atomic E-state index is 9.82. The molecule has 0 aliphatic carbocycles. The van der Waals surface area contributed by atoms with E-state index in [0.717, 1.165) is 10.0 Å². The van der Waals surface area contributed by atoms with Crippen molar-refractivity contribution in [1.82, 2.24) is 0 Å². The summed E-state index contributed by atoms with van der Waals surface area (Å²) in [5.74, 6) is 2.63. The molecule has 104 valence electrons. The molecule has 1 aliphatic heterocycles. The number of hydrogen-bond acceptors (Lipinski definition) is 4. The van der Waals surface area contributed by atoms with Gasteiger partial charge in [0.1, 0.15) is 11.5 Å². The number of hydrogen-bond donors (Lipinski definition) is 1. The Labute approximate surface area is 125 Å². The Morgan fingerprint density at radius 2 is 1.95 bits per heavy atom. The standard InChI is InChI=1S/C15H13BrO4/c1-9(17)12-6-10(16)2-4-13(12)20-11-3-5-14-15(7-11)19-8-18-14/h2-7,9,17H,8H2,1H3.